The molecule has 0 spiro atoms. The second-order valence-electron chi connectivity index (χ2n) is 6.18. The summed E-state index contributed by atoms with van der Waals surface area (Å²) in [5, 5.41) is 4.25. The number of amides is 2. The van der Waals surface area contributed by atoms with Gasteiger partial charge in [-0.15, -0.1) is 0 Å². The first-order valence-corrected chi connectivity index (χ1v) is 7.86. The number of carbonyl (C=O) groups is 2. The third-order valence-electron chi connectivity index (χ3n) is 4.75. The van der Waals surface area contributed by atoms with Crippen LogP contribution >= 0.6 is 0 Å². The summed E-state index contributed by atoms with van der Waals surface area (Å²) < 4.78 is 2.78. The molecule has 0 saturated carbocycles. The van der Waals surface area contributed by atoms with Crippen LogP contribution in [0.1, 0.15) is 30.7 Å². The number of nitrogens with one attached hydrogen (secondary N) is 1. The SMILES string of the molecule is Cn1c(=O)n(N2C(=O)CCCC2=O)c2cccc(C3CNC3)c21. The van der Waals surface area contributed by atoms with Crippen molar-refractivity contribution in [2.24, 2.45) is 7.05 Å². The minimum Gasteiger partial charge on any atom is -0.315 e. The number of piperidine rings is 1. The van der Waals surface area contributed by atoms with Crippen molar-refractivity contribution < 1.29 is 9.59 Å². The van der Waals surface area contributed by atoms with Crippen molar-refractivity contribution in [2.75, 3.05) is 18.1 Å². The lowest BCUT2D eigenvalue weighted by molar-refractivity contribution is -0.131. The molecule has 1 aromatic heterocycles. The average molecular weight is 314 g/mol. The van der Waals surface area contributed by atoms with Crippen LogP contribution in [0.25, 0.3) is 11.0 Å². The molecule has 7 nitrogen and oxygen atoms in total. The van der Waals surface area contributed by atoms with Gasteiger partial charge in [-0.2, -0.15) is 9.69 Å². The number of hydrogen-bond donors (Lipinski definition) is 1. The minimum absolute atomic E-state index is 0.292. The molecule has 2 fully saturated rings. The van der Waals surface area contributed by atoms with Crippen LogP contribution in [0.2, 0.25) is 0 Å². The van der Waals surface area contributed by atoms with Gasteiger partial charge in [-0.3, -0.25) is 14.2 Å². The predicted molar refractivity (Wildman–Crippen MR) is 84.9 cm³/mol. The maximum atomic E-state index is 12.7. The fourth-order valence-electron chi connectivity index (χ4n) is 3.42. The lowest BCUT2D eigenvalue weighted by Crippen LogP contribution is -2.52. The Hall–Kier alpha value is -2.41. The maximum absolute atomic E-state index is 12.7. The van der Waals surface area contributed by atoms with E-state index in [9.17, 15) is 14.4 Å². The molecule has 2 aliphatic heterocycles. The zero-order valence-corrected chi connectivity index (χ0v) is 12.9. The summed E-state index contributed by atoms with van der Waals surface area (Å²) in [4.78, 5) is 37.2. The summed E-state index contributed by atoms with van der Waals surface area (Å²) in [7, 11) is 1.69. The van der Waals surface area contributed by atoms with Gasteiger partial charge in [0.1, 0.15) is 0 Å². The van der Waals surface area contributed by atoms with E-state index >= 15 is 0 Å². The van der Waals surface area contributed by atoms with Gasteiger partial charge < -0.3 is 5.32 Å². The Balaban J connectivity index is 1.97. The van der Waals surface area contributed by atoms with E-state index in [0.717, 1.165) is 29.2 Å². The number of aryl methyl sites for hydroxylation is 1. The Morgan fingerprint density at radius 3 is 2.39 bits per heavy atom. The van der Waals surface area contributed by atoms with E-state index in [0.29, 0.717) is 30.7 Å². The van der Waals surface area contributed by atoms with Crippen LogP contribution in [0.4, 0.5) is 0 Å². The van der Waals surface area contributed by atoms with Crippen LogP contribution in [-0.2, 0) is 16.6 Å². The van der Waals surface area contributed by atoms with E-state index < -0.39 is 0 Å². The predicted octanol–water partition coefficient (Wildman–Crippen LogP) is 0.202. The molecule has 2 aliphatic rings. The van der Waals surface area contributed by atoms with Gasteiger partial charge in [-0.05, 0) is 18.1 Å². The lowest BCUT2D eigenvalue weighted by Gasteiger charge is -2.28. The fraction of sp³-hybridized carbons (Fsp3) is 0.438. The highest BCUT2D eigenvalue weighted by Crippen LogP contribution is 2.28. The van der Waals surface area contributed by atoms with Crippen LogP contribution in [0, 0.1) is 0 Å². The van der Waals surface area contributed by atoms with Crippen molar-refractivity contribution >= 4 is 22.8 Å². The molecule has 1 N–H and O–H groups in total. The number of rotatable bonds is 2. The van der Waals surface area contributed by atoms with Gasteiger partial charge in [0.15, 0.2) is 0 Å². The van der Waals surface area contributed by atoms with Crippen molar-refractivity contribution in [1.82, 2.24) is 14.6 Å². The molecule has 23 heavy (non-hydrogen) atoms. The molecule has 0 unspecified atom stereocenters. The molecule has 4 rings (SSSR count). The third kappa shape index (κ3) is 1.96. The first-order chi connectivity index (χ1) is 11.1. The van der Waals surface area contributed by atoms with Crippen LogP contribution in [0.15, 0.2) is 23.0 Å². The standard InChI is InChI=1S/C16H18N4O3/c1-18-15-11(10-8-17-9-10)4-2-5-12(15)19(16(18)23)20-13(21)6-3-7-14(20)22/h2,4-5,10,17H,3,6-9H2,1H3. The van der Waals surface area contributed by atoms with Gasteiger partial charge in [-0.1, -0.05) is 12.1 Å². The van der Waals surface area contributed by atoms with Crippen LogP contribution < -0.4 is 16.0 Å². The Labute approximate surface area is 132 Å². The molecule has 2 amide bonds. The number of para-hydroxylation sites is 1. The number of fused-ring (bicyclic) bond motifs is 1. The van der Waals surface area contributed by atoms with Crippen molar-refractivity contribution in [2.45, 2.75) is 25.2 Å². The summed E-state index contributed by atoms with van der Waals surface area (Å²) in [6.07, 6.45) is 1.13. The van der Waals surface area contributed by atoms with Crippen molar-refractivity contribution in [3.8, 4) is 0 Å². The zero-order chi connectivity index (χ0) is 16.1. The van der Waals surface area contributed by atoms with Crippen LogP contribution in [0.5, 0.6) is 0 Å². The monoisotopic (exact) mass is 314 g/mol. The molecular weight excluding hydrogens is 296 g/mol. The summed E-state index contributed by atoms with van der Waals surface area (Å²) in [5.41, 5.74) is 2.14. The highest BCUT2D eigenvalue weighted by molar-refractivity contribution is 6.11. The molecule has 0 radical (unpaired) electrons. The molecule has 0 aliphatic carbocycles. The Bertz CT molecular complexity index is 859. The Morgan fingerprint density at radius 1 is 1.09 bits per heavy atom. The molecule has 2 aromatic rings. The van der Waals surface area contributed by atoms with Crippen molar-refractivity contribution in [3.63, 3.8) is 0 Å². The van der Waals surface area contributed by atoms with E-state index in [1.807, 2.05) is 12.1 Å². The number of hydrogen-bond acceptors (Lipinski definition) is 4. The molecule has 2 saturated heterocycles. The second-order valence-corrected chi connectivity index (χ2v) is 6.18. The maximum Gasteiger partial charge on any atom is 0.348 e. The van der Waals surface area contributed by atoms with Crippen molar-refractivity contribution in [3.05, 3.63) is 34.2 Å². The Kier molecular flexibility index (Phi) is 3.12. The van der Waals surface area contributed by atoms with E-state index in [1.165, 1.54) is 9.24 Å². The van der Waals surface area contributed by atoms with E-state index in [-0.39, 0.29) is 17.5 Å². The Morgan fingerprint density at radius 2 is 1.78 bits per heavy atom. The number of aromatic nitrogens is 2. The minimum atomic E-state index is -0.358. The number of imide groups is 1. The van der Waals surface area contributed by atoms with Crippen molar-refractivity contribution in [1.29, 1.82) is 0 Å². The molecular formula is C16H18N4O3. The molecule has 7 heteroatoms. The molecule has 0 atom stereocenters. The molecule has 1 aromatic carbocycles. The van der Waals surface area contributed by atoms with Crippen LogP contribution in [-0.4, -0.2) is 34.1 Å². The summed E-state index contributed by atoms with van der Waals surface area (Å²) >= 11 is 0. The largest absolute Gasteiger partial charge is 0.348 e. The van der Waals surface area contributed by atoms with E-state index in [1.54, 1.807) is 13.1 Å². The molecule has 0 bridgehead atoms. The number of imidazole rings is 1. The van der Waals surface area contributed by atoms with Crippen LogP contribution in [0.3, 0.4) is 0 Å². The second kappa shape index (κ2) is 5.06. The lowest BCUT2D eigenvalue weighted by atomic mass is 9.92. The van der Waals surface area contributed by atoms with E-state index in [4.69, 9.17) is 0 Å². The fourth-order valence-corrected chi connectivity index (χ4v) is 3.42. The molecule has 120 valence electrons. The normalized spacial score (nSPS) is 19.4. The summed E-state index contributed by atoms with van der Waals surface area (Å²) in [5.74, 6) is -0.272. The smallest absolute Gasteiger partial charge is 0.315 e. The number of benzene rings is 1. The van der Waals surface area contributed by atoms with Gasteiger partial charge in [0.05, 0.1) is 11.0 Å². The topological polar surface area (TPSA) is 76.3 Å². The van der Waals surface area contributed by atoms with Gasteiger partial charge in [-0.25, -0.2) is 4.79 Å². The summed E-state index contributed by atoms with van der Waals surface area (Å²) in [6.45, 7) is 1.75. The van der Waals surface area contributed by atoms with E-state index in [2.05, 4.69) is 5.32 Å². The van der Waals surface area contributed by atoms with Gasteiger partial charge >= 0.3 is 5.69 Å². The first kappa shape index (κ1) is 14.2. The highest BCUT2D eigenvalue weighted by atomic mass is 16.2. The zero-order valence-electron chi connectivity index (χ0n) is 12.9. The quantitative estimate of drug-likeness (QED) is 0.804. The number of carbonyl (C=O) groups excluding carboxylic acids is 2. The highest BCUT2D eigenvalue weighted by Gasteiger charge is 2.32. The summed E-state index contributed by atoms with van der Waals surface area (Å²) in [6, 6.07) is 5.68. The van der Waals surface area contributed by atoms with Gasteiger partial charge in [0.2, 0.25) is 11.8 Å². The third-order valence-corrected chi connectivity index (χ3v) is 4.75. The number of nitrogens with zero attached hydrogens (tertiary/aromatic N) is 3. The van der Waals surface area contributed by atoms with Gasteiger partial charge in [0, 0.05) is 38.9 Å². The molecule has 3 heterocycles. The first-order valence-electron chi connectivity index (χ1n) is 7.86. The average Bonchev–Trinajstić information content (AvgIpc) is 2.71. The van der Waals surface area contributed by atoms with Gasteiger partial charge in [0.25, 0.3) is 0 Å².